The summed E-state index contributed by atoms with van der Waals surface area (Å²) in [6, 6.07) is 3.73. The Morgan fingerprint density at radius 3 is 2.81 bits per heavy atom. The highest BCUT2D eigenvalue weighted by Crippen LogP contribution is 2.18. The lowest BCUT2D eigenvalue weighted by molar-refractivity contribution is 0.0927. The monoisotopic (exact) mass is 238 g/mol. The Morgan fingerprint density at radius 2 is 2.12 bits per heavy atom. The van der Waals surface area contributed by atoms with E-state index in [-0.39, 0.29) is 11.1 Å². The molecule has 1 saturated carbocycles. The summed E-state index contributed by atoms with van der Waals surface area (Å²) in [6.07, 6.45) is 7.41. The third-order valence-electron chi connectivity index (χ3n) is 2.94. The standard InChI is InChI=1S/C12H15ClN2O/c13-11-10(7-4-8-14-11)12(16)15-9-5-2-1-3-6-9/h4,7-9H,1-3,5-6H2,(H,15,16). The molecule has 0 spiro atoms. The molecule has 1 amide bonds. The Bertz CT molecular complexity index is 375. The quantitative estimate of drug-likeness (QED) is 0.805. The van der Waals surface area contributed by atoms with Crippen LogP contribution in [0.2, 0.25) is 5.15 Å². The SMILES string of the molecule is O=C(NC1CCCCC1)c1cccnc1Cl. The molecule has 16 heavy (non-hydrogen) atoms. The zero-order valence-corrected chi connectivity index (χ0v) is 9.83. The van der Waals surface area contributed by atoms with Crippen molar-refractivity contribution in [1.82, 2.24) is 10.3 Å². The lowest BCUT2D eigenvalue weighted by Gasteiger charge is -2.22. The van der Waals surface area contributed by atoms with Gasteiger partial charge in [0.05, 0.1) is 5.56 Å². The summed E-state index contributed by atoms with van der Waals surface area (Å²) in [4.78, 5) is 15.8. The predicted molar refractivity (Wildman–Crippen MR) is 63.6 cm³/mol. The van der Waals surface area contributed by atoms with E-state index in [9.17, 15) is 4.79 Å². The van der Waals surface area contributed by atoms with Crippen LogP contribution in [0.25, 0.3) is 0 Å². The van der Waals surface area contributed by atoms with Crippen LogP contribution < -0.4 is 5.32 Å². The van der Waals surface area contributed by atoms with E-state index in [0.717, 1.165) is 12.8 Å². The molecule has 0 aliphatic heterocycles. The molecule has 1 aliphatic rings. The molecule has 0 atom stereocenters. The lowest BCUT2D eigenvalue weighted by Crippen LogP contribution is -2.36. The van der Waals surface area contributed by atoms with E-state index in [1.165, 1.54) is 19.3 Å². The van der Waals surface area contributed by atoms with Crippen molar-refractivity contribution in [2.45, 2.75) is 38.1 Å². The molecule has 86 valence electrons. The number of amides is 1. The van der Waals surface area contributed by atoms with Crippen LogP contribution in [0, 0.1) is 0 Å². The van der Waals surface area contributed by atoms with Gasteiger partial charge in [-0.15, -0.1) is 0 Å². The van der Waals surface area contributed by atoms with Gasteiger partial charge in [0.25, 0.3) is 5.91 Å². The molecule has 4 heteroatoms. The molecule has 1 aromatic heterocycles. The molecule has 0 saturated heterocycles. The number of carbonyl (C=O) groups excluding carboxylic acids is 1. The third-order valence-corrected chi connectivity index (χ3v) is 3.25. The number of aromatic nitrogens is 1. The zero-order valence-electron chi connectivity index (χ0n) is 9.08. The van der Waals surface area contributed by atoms with Crippen LogP contribution in [0.4, 0.5) is 0 Å². The van der Waals surface area contributed by atoms with E-state index < -0.39 is 0 Å². The van der Waals surface area contributed by atoms with Gasteiger partial charge in [-0.05, 0) is 25.0 Å². The molecular formula is C12H15ClN2O. The Morgan fingerprint density at radius 1 is 1.38 bits per heavy atom. The van der Waals surface area contributed by atoms with Crippen LogP contribution in [0.15, 0.2) is 18.3 Å². The lowest BCUT2D eigenvalue weighted by atomic mass is 9.95. The second kappa shape index (κ2) is 5.30. The number of hydrogen-bond acceptors (Lipinski definition) is 2. The number of nitrogens with one attached hydrogen (secondary N) is 1. The first-order chi connectivity index (χ1) is 7.77. The van der Waals surface area contributed by atoms with Gasteiger partial charge in [0, 0.05) is 12.2 Å². The smallest absolute Gasteiger partial charge is 0.254 e. The Hall–Kier alpha value is -1.09. The summed E-state index contributed by atoms with van der Waals surface area (Å²) in [5.41, 5.74) is 0.467. The molecular weight excluding hydrogens is 224 g/mol. The first kappa shape index (κ1) is 11.4. The first-order valence-corrected chi connectivity index (χ1v) is 6.06. The average Bonchev–Trinajstić information content (AvgIpc) is 2.31. The summed E-state index contributed by atoms with van der Waals surface area (Å²) in [6.45, 7) is 0. The van der Waals surface area contributed by atoms with Gasteiger partial charge in [-0.2, -0.15) is 0 Å². The van der Waals surface area contributed by atoms with Gasteiger partial charge in [-0.25, -0.2) is 4.98 Å². The van der Waals surface area contributed by atoms with Crippen molar-refractivity contribution in [2.24, 2.45) is 0 Å². The summed E-state index contributed by atoms with van der Waals surface area (Å²) >= 11 is 5.86. The van der Waals surface area contributed by atoms with Gasteiger partial charge in [0.1, 0.15) is 5.15 Å². The van der Waals surface area contributed by atoms with Crippen molar-refractivity contribution >= 4 is 17.5 Å². The number of pyridine rings is 1. The fraction of sp³-hybridized carbons (Fsp3) is 0.500. The number of carbonyl (C=O) groups is 1. The minimum atomic E-state index is -0.106. The minimum Gasteiger partial charge on any atom is -0.349 e. The van der Waals surface area contributed by atoms with Gasteiger partial charge in [-0.1, -0.05) is 30.9 Å². The van der Waals surface area contributed by atoms with Gasteiger partial charge in [0.15, 0.2) is 0 Å². The fourth-order valence-corrected chi connectivity index (χ4v) is 2.27. The second-order valence-corrected chi connectivity index (χ2v) is 4.51. The molecule has 1 N–H and O–H groups in total. The maximum absolute atomic E-state index is 11.9. The van der Waals surface area contributed by atoms with Gasteiger partial charge in [0.2, 0.25) is 0 Å². The Kier molecular flexibility index (Phi) is 3.78. The molecule has 0 bridgehead atoms. The van der Waals surface area contributed by atoms with Crippen molar-refractivity contribution < 1.29 is 4.79 Å². The van der Waals surface area contributed by atoms with E-state index in [1.807, 2.05) is 0 Å². The van der Waals surface area contributed by atoms with Gasteiger partial charge < -0.3 is 5.32 Å². The Balaban J connectivity index is 2.00. The average molecular weight is 239 g/mol. The third kappa shape index (κ3) is 2.73. The van der Waals surface area contributed by atoms with Crippen LogP contribution >= 0.6 is 11.6 Å². The second-order valence-electron chi connectivity index (χ2n) is 4.15. The van der Waals surface area contributed by atoms with Crippen LogP contribution in [0.5, 0.6) is 0 Å². The summed E-state index contributed by atoms with van der Waals surface area (Å²) in [5.74, 6) is -0.106. The fourth-order valence-electron chi connectivity index (χ4n) is 2.07. The van der Waals surface area contributed by atoms with Crippen LogP contribution in [-0.2, 0) is 0 Å². The van der Waals surface area contributed by atoms with E-state index >= 15 is 0 Å². The Labute approximate surface area is 100 Å². The van der Waals surface area contributed by atoms with Crippen molar-refractivity contribution in [2.75, 3.05) is 0 Å². The van der Waals surface area contributed by atoms with Crippen LogP contribution in [0.3, 0.4) is 0 Å². The van der Waals surface area contributed by atoms with E-state index in [1.54, 1.807) is 18.3 Å². The van der Waals surface area contributed by atoms with Crippen molar-refractivity contribution in [3.63, 3.8) is 0 Å². The number of nitrogens with zero attached hydrogens (tertiary/aromatic N) is 1. The van der Waals surface area contributed by atoms with E-state index in [2.05, 4.69) is 10.3 Å². The highest BCUT2D eigenvalue weighted by atomic mass is 35.5. The zero-order chi connectivity index (χ0) is 11.4. The number of halogens is 1. The van der Waals surface area contributed by atoms with Crippen molar-refractivity contribution in [3.05, 3.63) is 29.0 Å². The molecule has 2 rings (SSSR count). The van der Waals surface area contributed by atoms with Gasteiger partial charge >= 0.3 is 0 Å². The van der Waals surface area contributed by atoms with Crippen molar-refractivity contribution in [3.8, 4) is 0 Å². The molecule has 0 aromatic carbocycles. The van der Waals surface area contributed by atoms with Crippen LogP contribution in [0.1, 0.15) is 42.5 Å². The maximum Gasteiger partial charge on any atom is 0.254 e. The molecule has 0 radical (unpaired) electrons. The van der Waals surface area contributed by atoms with Crippen molar-refractivity contribution in [1.29, 1.82) is 0 Å². The summed E-state index contributed by atoms with van der Waals surface area (Å²) < 4.78 is 0. The van der Waals surface area contributed by atoms with E-state index in [0.29, 0.717) is 11.6 Å². The first-order valence-electron chi connectivity index (χ1n) is 5.69. The summed E-state index contributed by atoms with van der Waals surface area (Å²) in [5, 5.41) is 3.29. The number of rotatable bonds is 2. The largest absolute Gasteiger partial charge is 0.349 e. The highest BCUT2D eigenvalue weighted by Gasteiger charge is 2.18. The topological polar surface area (TPSA) is 42.0 Å². The number of hydrogen-bond donors (Lipinski definition) is 1. The van der Waals surface area contributed by atoms with E-state index in [4.69, 9.17) is 11.6 Å². The van der Waals surface area contributed by atoms with Crippen LogP contribution in [-0.4, -0.2) is 16.9 Å². The molecule has 1 aliphatic carbocycles. The molecule has 0 unspecified atom stereocenters. The molecule has 3 nitrogen and oxygen atoms in total. The predicted octanol–water partition coefficient (Wildman–Crippen LogP) is 2.80. The molecule has 1 fully saturated rings. The van der Waals surface area contributed by atoms with Gasteiger partial charge in [-0.3, -0.25) is 4.79 Å². The highest BCUT2D eigenvalue weighted by molar-refractivity contribution is 6.32. The minimum absolute atomic E-state index is 0.106. The normalized spacial score (nSPS) is 17.1. The summed E-state index contributed by atoms with van der Waals surface area (Å²) in [7, 11) is 0. The maximum atomic E-state index is 11.9. The molecule has 1 heterocycles. The molecule has 1 aromatic rings.